The summed E-state index contributed by atoms with van der Waals surface area (Å²) >= 11 is 7.18. The van der Waals surface area contributed by atoms with Gasteiger partial charge in [-0.3, -0.25) is 0 Å². The molecule has 0 saturated heterocycles. The topological polar surface area (TPSA) is 26.0 Å². The van der Waals surface area contributed by atoms with Crippen molar-refractivity contribution in [3.63, 3.8) is 0 Å². The number of oxazole rings is 1. The van der Waals surface area contributed by atoms with Gasteiger partial charge in [0.1, 0.15) is 12.1 Å². The summed E-state index contributed by atoms with van der Waals surface area (Å²) in [6.45, 7) is 0. The lowest BCUT2D eigenvalue weighted by atomic mass is 10.2. The van der Waals surface area contributed by atoms with Crippen molar-refractivity contribution in [1.82, 2.24) is 4.98 Å². The maximum Gasteiger partial charge on any atom is 0.236 e. The molecule has 3 aromatic rings. The van der Waals surface area contributed by atoms with Gasteiger partial charge in [0.15, 0.2) is 0 Å². The number of halogens is 2. The SMILES string of the molecule is Fc1ccc2sc(-c3nc(CCl)co3)cc2c1. The van der Waals surface area contributed by atoms with E-state index in [2.05, 4.69) is 4.98 Å². The lowest BCUT2D eigenvalue weighted by Gasteiger charge is -1.86. The maximum absolute atomic E-state index is 13.1. The van der Waals surface area contributed by atoms with Crippen molar-refractivity contribution >= 4 is 33.0 Å². The highest BCUT2D eigenvalue weighted by atomic mass is 35.5. The quantitative estimate of drug-likeness (QED) is 0.642. The molecule has 0 aliphatic heterocycles. The summed E-state index contributed by atoms with van der Waals surface area (Å²) in [7, 11) is 0. The first kappa shape index (κ1) is 10.7. The Hall–Kier alpha value is -1.39. The average Bonchev–Trinajstić information content (AvgIpc) is 2.93. The molecule has 0 N–H and O–H groups in total. The molecule has 5 heteroatoms. The first-order valence-electron chi connectivity index (χ1n) is 4.96. The van der Waals surface area contributed by atoms with E-state index in [-0.39, 0.29) is 5.82 Å². The van der Waals surface area contributed by atoms with Crippen LogP contribution in [0.2, 0.25) is 0 Å². The second-order valence-corrected chi connectivity index (χ2v) is 4.92. The van der Waals surface area contributed by atoms with Crippen molar-refractivity contribution in [2.45, 2.75) is 5.88 Å². The molecule has 1 aromatic carbocycles. The Kier molecular flexibility index (Phi) is 2.61. The number of nitrogens with zero attached hydrogens (tertiary/aromatic N) is 1. The largest absolute Gasteiger partial charge is 0.444 e. The van der Waals surface area contributed by atoms with Gasteiger partial charge in [0.25, 0.3) is 0 Å². The first-order chi connectivity index (χ1) is 8.26. The zero-order chi connectivity index (χ0) is 11.8. The zero-order valence-electron chi connectivity index (χ0n) is 8.61. The molecule has 2 nitrogen and oxygen atoms in total. The van der Waals surface area contributed by atoms with Crippen LogP contribution in [0.4, 0.5) is 4.39 Å². The maximum atomic E-state index is 13.1. The molecule has 2 heterocycles. The normalized spacial score (nSPS) is 11.2. The van der Waals surface area contributed by atoms with Crippen LogP contribution in [0.3, 0.4) is 0 Å². The highest BCUT2D eigenvalue weighted by molar-refractivity contribution is 7.22. The predicted octanol–water partition coefficient (Wildman–Crippen LogP) is 4.43. The Balaban J connectivity index is 2.11. The molecule has 0 bridgehead atoms. The molecule has 0 saturated carbocycles. The van der Waals surface area contributed by atoms with Gasteiger partial charge in [-0.15, -0.1) is 22.9 Å². The van der Waals surface area contributed by atoms with E-state index >= 15 is 0 Å². The third-order valence-electron chi connectivity index (χ3n) is 2.38. The lowest BCUT2D eigenvalue weighted by Crippen LogP contribution is -1.75. The summed E-state index contributed by atoms with van der Waals surface area (Å²) in [6.07, 6.45) is 1.54. The van der Waals surface area contributed by atoms with Crippen LogP contribution >= 0.6 is 22.9 Å². The summed E-state index contributed by atoms with van der Waals surface area (Å²) in [5.74, 6) is 0.612. The number of alkyl halides is 1. The summed E-state index contributed by atoms with van der Waals surface area (Å²) < 4.78 is 19.4. The summed E-state index contributed by atoms with van der Waals surface area (Å²) in [4.78, 5) is 5.11. The number of hydrogen-bond donors (Lipinski definition) is 0. The van der Waals surface area contributed by atoms with Gasteiger partial charge in [-0.25, -0.2) is 9.37 Å². The van der Waals surface area contributed by atoms with Crippen LogP contribution in [0, 0.1) is 5.82 Å². The molecule has 0 radical (unpaired) electrons. The second-order valence-electron chi connectivity index (χ2n) is 3.57. The van der Waals surface area contributed by atoms with Gasteiger partial charge >= 0.3 is 0 Å². The van der Waals surface area contributed by atoms with Crippen LogP contribution in [0.1, 0.15) is 5.69 Å². The van der Waals surface area contributed by atoms with E-state index in [1.54, 1.807) is 6.07 Å². The number of fused-ring (bicyclic) bond motifs is 1. The van der Waals surface area contributed by atoms with E-state index in [0.717, 1.165) is 15.0 Å². The van der Waals surface area contributed by atoms with Gasteiger partial charge in [-0.05, 0) is 29.7 Å². The van der Waals surface area contributed by atoms with Crippen molar-refractivity contribution in [2.24, 2.45) is 0 Å². The van der Waals surface area contributed by atoms with Crippen LogP contribution in [0.5, 0.6) is 0 Å². The highest BCUT2D eigenvalue weighted by Crippen LogP contribution is 2.33. The third kappa shape index (κ3) is 1.94. The van der Waals surface area contributed by atoms with Crippen LogP contribution in [0.25, 0.3) is 20.9 Å². The first-order valence-corrected chi connectivity index (χ1v) is 6.31. The highest BCUT2D eigenvalue weighted by Gasteiger charge is 2.10. The molecule has 0 aliphatic carbocycles. The number of aromatic nitrogens is 1. The molecule has 2 aromatic heterocycles. The van der Waals surface area contributed by atoms with E-state index in [1.807, 2.05) is 6.07 Å². The van der Waals surface area contributed by atoms with Crippen LogP contribution in [-0.2, 0) is 5.88 Å². The minimum Gasteiger partial charge on any atom is -0.444 e. The van der Waals surface area contributed by atoms with Gasteiger partial charge in [-0.1, -0.05) is 0 Å². The van der Waals surface area contributed by atoms with Gasteiger partial charge in [0.05, 0.1) is 16.5 Å². The van der Waals surface area contributed by atoms with Crippen LogP contribution in [-0.4, -0.2) is 4.98 Å². The van der Waals surface area contributed by atoms with Crippen molar-refractivity contribution in [1.29, 1.82) is 0 Å². The molecular formula is C12H7ClFNOS. The Morgan fingerprint density at radius 3 is 3.00 bits per heavy atom. The number of hydrogen-bond acceptors (Lipinski definition) is 3. The van der Waals surface area contributed by atoms with Crippen molar-refractivity contribution in [3.05, 3.63) is 42.0 Å². The lowest BCUT2D eigenvalue weighted by molar-refractivity contribution is 0.575. The van der Waals surface area contributed by atoms with Crippen LogP contribution in [0.15, 0.2) is 34.9 Å². The zero-order valence-corrected chi connectivity index (χ0v) is 10.2. The molecule has 0 fully saturated rings. The summed E-state index contributed by atoms with van der Waals surface area (Å²) in [5.41, 5.74) is 0.699. The van der Waals surface area contributed by atoms with Crippen molar-refractivity contribution in [3.8, 4) is 10.8 Å². The monoisotopic (exact) mass is 267 g/mol. The fraction of sp³-hybridized carbons (Fsp3) is 0.0833. The van der Waals surface area contributed by atoms with E-state index in [0.29, 0.717) is 17.5 Å². The standard InChI is InChI=1S/C12H7ClFNOS/c13-5-9-6-16-12(15-9)11-4-7-3-8(14)1-2-10(7)17-11/h1-4,6H,5H2. The van der Waals surface area contributed by atoms with Gasteiger partial charge < -0.3 is 4.42 Å². The molecule has 0 amide bonds. The Bertz CT molecular complexity index is 676. The smallest absolute Gasteiger partial charge is 0.236 e. The summed E-state index contributed by atoms with van der Waals surface area (Å²) in [6, 6.07) is 6.57. The molecule has 3 rings (SSSR count). The van der Waals surface area contributed by atoms with Crippen molar-refractivity contribution < 1.29 is 8.81 Å². The van der Waals surface area contributed by atoms with E-state index in [9.17, 15) is 4.39 Å². The number of thiophene rings is 1. The third-order valence-corrected chi connectivity index (χ3v) is 3.76. The van der Waals surface area contributed by atoms with E-state index < -0.39 is 0 Å². The summed E-state index contributed by atoms with van der Waals surface area (Å²) in [5, 5.41) is 0.857. The second kappa shape index (κ2) is 4.13. The predicted molar refractivity (Wildman–Crippen MR) is 66.8 cm³/mol. The molecule has 0 spiro atoms. The fourth-order valence-corrected chi connectivity index (χ4v) is 2.70. The fourth-order valence-electron chi connectivity index (χ4n) is 1.60. The Labute approximate surface area is 106 Å². The van der Waals surface area contributed by atoms with E-state index in [1.165, 1.54) is 29.7 Å². The van der Waals surface area contributed by atoms with E-state index in [4.69, 9.17) is 16.0 Å². The minimum absolute atomic E-state index is 0.240. The van der Waals surface area contributed by atoms with Gasteiger partial charge in [-0.2, -0.15) is 0 Å². The average molecular weight is 268 g/mol. The molecular weight excluding hydrogens is 261 g/mol. The number of benzene rings is 1. The minimum atomic E-state index is -0.240. The van der Waals surface area contributed by atoms with Gasteiger partial charge in [0, 0.05) is 4.70 Å². The molecule has 0 unspecified atom stereocenters. The molecule has 86 valence electrons. The Morgan fingerprint density at radius 1 is 1.35 bits per heavy atom. The van der Waals surface area contributed by atoms with Gasteiger partial charge in [0.2, 0.25) is 5.89 Å². The molecule has 0 atom stereocenters. The molecule has 17 heavy (non-hydrogen) atoms. The van der Waals surface area contributed by atoms with Crippen LogP contribution < -0.4 is 0 Å². The van der Waals surface area contributed by atoms with Crippen molar-refractivity contribution in [2.75, 3.05) is 0 Å². The Morgan fingerprint density at radius 2 is 2.24 bits per heavy atom. The number of rotatable bonds is 2. The molecule has 0 aliphatic rings.